The molecular weight excluding hydrogens is 274 g/mol. The molecule has 1 N–H and O–H groups in total. The van der Waals surface area contributed by atoms with E-state index >= 15 is 0 Å². The number of aryl methyl sites for hydroxylation is 1. The number of hydrogen-bond donors (Lipinski definition) is 1. The summed E-state index contributed by atoms with van der Waals surface area (Å²) in [5, 5.41) is 9.00. The lowest BCUT2D eigenvalue weighted by atomic mass is 10.3. The van der Waals surface area contributed by atoms with Gasteiger partial charge in [0.15, 0.2) is 5.16 Å². The lowest BCUT2D eigenvalue weighted by Crippen LogP contribution is -2.03. The maximum atomic E-state index is 13.7. The highest BCUT2D eigenvalue weighted by Crippen LogP contribution is 2.24. The van der Waals surface area contributed by atoms with Crippen LogP contribution in [0.2, 0.25) is 0 Å². The smallest absolute Gasteiger partial charge is 0.313 e. The first-order valence-corrected chi connectivity index (χ1v) is 6.32. The molecular formula is C12H10F2N2O2S. The van der Waals surface area contributed by atoms with Gasteiger partial charge in [0.1, 0.15) is 11.6 Å². The molecule has 1 heterocycles. The van der Waals surface area contributed by atoms with Gasteiger partial charge in [-0.3, -0.25) is 9.36 Å². The van der Waals surface area contributed by atoms with E-state index in [9.17, 15) is 13.6 Å². The Morgan fingerprint density at radius 2 is 2.21 bits per heavy atom. The Labute approximate surface area is 112 Å². The van der Waals surface area contributed by atoms with Crippen LogP contribution < -0.4 is 0 Å². The molecule has 0 bridgehead atoms. The summed E-state index contributed by atoms with van der Waals surface area (Å²) in [6, 6.07) is 3.20. The van der Waals surface area contributed by atoms with Gasteiger partial charge in [0.05, 0.1) is 17.1 Å². The van der Waals surface area contributed by atoms with Crippen molar-refractivity contribution in [2.24, 2.45) is 0 Å². The average Bonchev–Trinajstić information content (AvgIpc) is 2.67. The minimum Gasteiger partial charge on any atom is -0.481 e. The predicted molar refractivity (Wildman–Crippen MR) is 66.6 cm³/mol. The number of imidazole rings is 1. The van der Waals surface area contributed by atoms with Crippen LogP contribution in [0.3, 0.4) is 0 Å². The third-order valence-electron chi connectivity index (χ3n) is 2.29. The van der Waals surface area contributed by atoms with E-state index in [1.54, 1.807) is 13.1 Å². The van der Waals surface area contributed by atoms with Crippen molar-refractivity contribution in [3.8, 4) is 5.69 Å². The van der Waals surface area contributed by atoms with Crippen LogP contribution >= 0.6 is 11.8 Å². The minimum absolute atomic E-state index is 0.134. The van der Waals surface area contributed by atoms with Gasteiger partial charge >= 0.3 is 5.97 Å². The first kappa shape index (κ1) is 13.5. The molecule has 0 aliphatic carbocycles. The predicted octanol–water partition coefficient (Wildman–Crippen LogP) is 2.64. The Bertz CT molecular complexity index is 628. The van der Waals surface area contributed by atoms with E-state index in [1.165, 1.54) is 10.6 Å². The normalized spacial score (nSPS) is 10.7. The molecule has 2 aromatic rings. The number of thioether (sulfide) groups is 1. The molecule has 0 atom stereocenters. The van der Waals surface area contributed by atoms with Crippen molar-refractivity contribution in [3.63, 3.8) is 0 Å². The summed E-state index contributed by atoms with van der Waals surface area (Å²) < 4.78 is 28.0. The first-order valence-electron chi connectivity index (χ1n) is 5.33. The van der Waals surface area contributed by atoms with E-state index in [2.05, 4.69) is 4.98 Å². The summed E-state index contributed by atoms with van der Waals surface area (Å²) in [5.41, 5.74) is 0.756. The van der Waals surface area contributed by atoms with Crippen molar-refractivity contribution < 1.29 is 18.7 Å². The molecule has 19 heavy (non-hydrogen) atoms. The van der Waals surface area contributed by atoms with E-state index < -0.39 is 17.6 Å². The SMILES string of the molecule is Cc1cn(-c2ccc(F)cc2F)c(SCC(=O)O)n1. The molecule has 0 fully saturated rings. The molecule has 0 aliphatic rings. The van der Waals surface area contributed by atoms with Crippen molar-refractivity contribution in [3.05, 3.63) is 41.7 Å². The largest absolute Gasteiger partial charge is 0.481 e. The van der Waals surface area contributed by atoms with Gasteiger partial charge in [-0.05, 0) is 19.1 Å². The number of carboxylic acids is 1. The molecule has 0 saturated heterocycles. The van der Waals surface area contributed by atoms with Crippen LogP contribution in [0.1, 0.15) is 5.69 Å². The van der Waals surface area contributed by atoms with E-state index in [4.69, 9.17) is 5.11 Å². The van der Waals surface area contributed by atoms with Crippen LogP contribution in [0.15, 0.2) is 29.6 Å². The van der Waals surface area contributed by atoms with Crippen molar-refractivity contribution >= 4 is 17.7 Å². The summed E-state index contributed by atoms with van der Waals surface area (Å²) >= 11 is 0.976. The van der Waals surface area contributed by atoms with Crippen LogP contribution in [0.4, 0.5) is 8.78 Å². The monoisotopic (exact) mass is 284 g/mol. The maximum absolute atomic E-state index is 13.7. The Morgan fingerprint density at radius 1 is 1.47 bits per heavy atom. The van der Waals surface area contributed by atoms with Crippen LogP contribution in [0, 0.1) is 18.6 Å². The zero-order valence-corrected chi connectivity index (χ0v) is 10.7. The van der Waals surface area contributed by atoms with Gasteiger partial charge in [-0.25, -0.2) is 13.8 Å². The number of rotatable bonds is 4. The second-order valence-electron chi connectivity index (χ2n) is 3.81. The average molecular weight is 284 g/mol. The Balaban J connectivity index is 2.40. The Morgan fingerprint density at radius 3 is 2.84 bits per heavy atom. The van der Waals surface area contributed by atoms with Crippen molar-refractivity contribution in [2.45, 2.75) is 12.1 Å². The van der Waals surface area contributed by atoms with E-state index in [-0.39, 0.29) is 11.4 Å². The third kappa shape index (κ3) is 3.11. The van der Waals surface area contributed by atoms with Gasteiger partial charge in [0, 0.05) is 12.3 Å². The molecule has 7 heteroatoms. The highest BCUT2D eigenvalue weighted by Gasteiger charge is 2.13. The second kappa shape index (κ2) is 5.40. The first-order chi connectivity index (χ1) is 8.97. The molecule has 0 radical (unpaired) electrons. The fraction of sp³-hybridized carbons (Fsp3) is 0.167. The third-order valence-corrected chi connectivity index (χ3v) is 3.23. The molecule has 1 aromatic heterocycles. The number of carbonyl (C=O) groups is 1. The summed E-state index contributed by atoms with van der Waals surface area (Å²) in [6.07, 6.45) is 1.57. The maximum Gasteiger partial charge on any atom is 0.313 e. The molecule has 0 amide bonds. The second-order valence-corrected chi connectivity index (χ2v) is 4.76. The lowest BCUT2D eigenvalue weighted by molar-refractivity contribution is -0.133. The highest BCUT2D eigenvalue weighted by molar-refractivity contribution is 7.99. The highest BCUT2D eigenvalue weighted by atomic mass is 32.2. The van der Waals surface area contributed by atoms with Gasteiger partial charge in [-0.2, -0.15) is 0 Å². The summed E-state index contributed by atoms with van der Waals surface area (Å²) in [4.78, 5) is 14.7. The van der Waals surface area contributed by atoms with Crippen LogP contribution in [-0.2, 0) is 4.79 Å². The Kier molecular flexibility index (Phi) is 3.84. The van der Waals surface area contributed by atoms with E-state index in [0.717, 1.165) is 23.9 Å². The van der Waals surface area contributed by atoms with Gasteiger partial charge in [0.2, 0.25) is 0 Å². The number of nitrogens with zero attached hydrogens (tertiary/aromatic N) is 2. The van der Waals surface area contributed by atoms with Crippen molar-refractivity contribution in [2.75, 3.05) is 5.75 Å². The molecule has 0 aliphatic heterocycles. The van der Waals surface area contributed by atoms with Crippen molar-refractivity contribution in [1.82, 2.24) is 9.55 Å². The standard InChI is InChI=1S/C12H10F2N2O2S/c1-7-5-16(12(15-7)19-6-11(17)18)10-3-2-8(13)4-9(10)14/h2-5H,6H2,1H3,(H,17,18). The zero-order chi connectivity index (χ0) is 14.0. The van der Waals surface area contributed by atoms with E-state index in [0.29, 0.717) is 10.9 Å². The van der Waals surface area contributed by atoms with Gasteiger partial charge in [0.25, 0.3) is 0 Å². The van der Waals surface area contributed by atoms with E-state index in [1.807, 2.05) is 0 Å². The minimum atomic E-state index is -0.989. The number of benzene rings is 1. The number of aliphatic carboxylic acids is 1. The fourth-order valence-corrected chi connectivity index (χ4v) is 2.30. The molecule has 4 nitrogen and oxygen atoms in total. The topological polar surface area (TPSA) is 55.1 Å². The summed E-state index contributed by atoms with van der Waals surface area (Å²) in [7, 11) is 0. The van der Waals surface area contributed by atoms with Gasteiger partial charge in [-0.15, -0.1) is 0 Å². The van der Waals surface area contributed by atoms with Crippen LogP contribution in [-0.4, -0.2) is 26.4 Å². The Hall–Kier alpha value is -1.89. The van der Waals surface area contributed by atoms with Crippen molar-refractivity contribution in [1.29, 1.82) is 0 Å². The molecule has 0 unspecified atom stereocenters. The van der Waals surface area contributed by atoms with Crippen LogP contribution in [0.25, 0.3) is 5.69 Å². The lowest BCUT2D eigenvalue weighted by Gasteiger charge is -2.07. The number of halogens is 2. The molecule has 0 saturated carbocycles. The molecule has 0 spiro atoms. The molecule has 100 valence electrons. The number of aromatic nitrogens is 2. The summed E-state index contributed by atoms with van der Waals surface area (Å²) in [6.45, 7) is 1.71. The van der Waals surface area contributed by atoms with Gasteiger partial charge in [-0.1, -0.05) is 11.8 Å². The quantitative estimate of drug-likeness (QED) is 0.877. The zero-order valence-electron chi connectivity index (χ0n) is 9.93. The molecule has 2 rings (SSSR count). The van der Waals surface area contributed by atoms with Crippen LogP contribution in [0.5, 0.6) is 0 Å². The summed E-state index contributed by atoms with van der Waals surface area (Å²) in [5.74, 6) is -2.57. The molecule has 1 aromatic carbocycles. The van der Waals surface area contributed by atoms with Gasteiger partial charge < -0.3 is 5.11 Å². The fourth-order valence-electron chi connectivity index (χ4n) is 1.55. The number of carboxylic acid groups (broad SMARTS) is 1. The number of hydrogen-bond acceptors (Lipinski definition) is 3.